The summed E-state index contributed by atoms with van der Waals surface area (Å²) in [7, 11) is 0. The summed E-state index contributed by atoms with van der Waals surface area (Å²) in [4.78, 5) is 19.2. The van der Waals surface area contributed by atoms with Crippen molar-refractivity contribution in [3.8, 4) is 0 Å². The molecule has 0 bridgehead atoms. The van der Waals surface area contributed by atoms with Crippen LogP contribution < -0.4 is 0 Å². The molecule has 1 atom stereocenters. The maximum Gasteiger partial charge on any atom is 0.225 e. The van der Waals surface area contributed by atoms with Gasteiger partial charge in [0.05, 0.1) is 0 Å². The Kier molecular flexibility index (Phi) is 4.60. The molecule has 0 radical (unpaired) electrons. The second-order valence-corrected chi connectivity index (χ2v) is 7.66. The molecule has 1 saturated carbocycles. The third kappa shape index (κ3) is 3.78. The van der Waals surface area contributed by atoms with Gasteiger partial charge in [-0.2, -0.15) is 0 Å². The van der Waals surface area contributed by atoms with Crippen molar-refractivity contribution in [2.75, 3.05) is 13.1 Å². The van der Waals surface area contributed by atoms with Crippen LogP contribution in [0.1, 0.15) is 42.8 Å². The fourth-order valence-electron chi connectivity index (χ4n) is 3.93. The first-order valence-electron chi connectivity index (χ1n) is 9.54. The number of carbonyl (C=O) groups is 1. The van der Waals surface area contributed by atoms with Crippen molar-refractivity contribution >= 4 is 5.91 Å². The highest BCUT2D eigenvalue weighted by Gasteiger charge is 2.35. The summed E-state index contributed by atoms with van der Waals surface area (Å²) in [5, 5.41) is 0. The number of aryl methyl sites for hydroxylation is 1. The van der Waals surface area contributed by atoms with Crippen molar-refractivity contribution in [2.24, 2.45) is 11.8 Å². The fourth-order valence-corrected chi connectivity index (χ4v) is 3.93. The smallest absolute Gasteiger partial charge is 0.225 e. The number of rotatable bonds is 5. The Labute approximate surface area is 149 Å². The van der Waals surface area contributed by atoms with E-state index in [0.717, 1.165) is 51.1 Å². The molecule has 132 valence electrons. The number of hydrogen-bond donors (Lipinski definition) is 0. The average molecular weight is 337 g/mol. The summed E-state index contributed by atoms with van der Waals surface area (Å²) in [6.45, 7) is 4.86. The molecule has 1 amide bonds. The number of imidazole rings is 1. The minimum Gasteiger partial charge on any atom is -0.342 e. The Morgan fingerprint density at radius 2 is 2.00 bits per heavy atom. The van der Waals surface area contributed by atoms with E-state index in [-0.39, 0.29) is 0 Å². The zero-order valence-corrected chi connectivity index (χ0v) is 15.0. The van der Waals surface area contributed by atoms with Crippen LogP contribution in [0.15, 0.2) is 36.5 Å². The number of amides is 1. The third-order valence-electron chi connectivity index (χ3n) is 5.55. The molecular weight excluding hydrogens is 310 g/mol. The van der Waals surface area contributed by atoms with Gasteiger partial charge < -0.3 is 9.47 Å². The number of benzene rings is 1. The lowest BCUT2D eigenvalue weighted by Crippen LogP contribution is -2.41. The van der Waals surface area contributed by atoms with E-state index in [9.17, 15) is 4.79 Å². The van der Waals surface area contributed by atoms with Gasteiger partial charge in [-0.25, -0.2) is 4.98 Å². The summed E-state index contributed by atoms with van der Waals surface area (Å²) in [5.41, 5.74) is 2.51. The quantitative estimate of drug-likeness (QED) is 0.838. The van der Waals surface area contributed by atoms with Crippen LogP contribution >= 0.6 is 0 Å². The number of piperidine rings is 1. The Morgan fingerprint density at radius 3 is 2.76 bits per heavy atom. The largest absolute Gasteiger partial charge is 0.342 e. The van der Waals surface area contributed by atoms with Crippen LogP contribution in [0.4, 0.5) is 0 Å². The molecule has 2 aliphatic rings. The molecule has 2 fully saturated rings. The van der Waals surface area contributed by atoms with Crippen molar-refractivity contribution in [1.29, 1.82) is 0 Å². The molecule has 2 aromatic rings. The van der Waals surface area contributed by atoms with E-state index in [1.54, 1.807) is 0 Å². The Morgan fingerprint density at radius 1 is 1.20 bits per heavy atom. The van der Waals surface area contributed by atoms with Crippen LogP contribution in [0.3, 0.4) is 0 Å². The molecular formula is C21H27N3O. The molecule has 0 spiro atoms. The van der Waals surface area contributed by atoms with Gasteiger partial charge in [0.15, 0.2) is 0 Å². The molecule has 25 heavy (non-hydrogen) atoms. The van der Waals surface area contributed by atoms with Gasteiger partial charge in [0.25, 0.3) is 0 Å². The van der Waals surface area contributed by atoms with Crippen molar-refractivity contribution in [3.63, 3.8) is 0 Å². The number of aromatic nitrogens is 2. The number of likely N-dealkylation sites (tertiary alicyclic amines) is 1. The lowest BCUT2D eigenvalue weighted by Gasteiger charge is -2.33. The van der Waals surface area contributed by atoms with Crippen LogP contribution in [-0.2, 0) is 17.8 Å². The maximum absolute atomic E-state index is 12.4. The van der Waals surface area contributed by atoms with E-state index in [4.69, 9.17) is 0 Å². The van der Waals surface area contributed by atoms with Crippen LogP contribution in [0, 0.1) is 18.8 Å². The normalized spacial score (nSPS) is 20.7. The minimum atomic E-state index is 0.334. The molecule has 4 nitrogen and oxygen atoms in total. The molecule has 1 unspecified atom stereocenters. The van der Waals surface area contributed by atoms with Gasteiger partial charge in [0.2, 0.25) is 5.91 Å². The van der Waals surface area contributed by atoms with E-state index in [1.807, 2.05) is 6.20 Å². The van der Waals surface area contributed by atoms with Gasteiger partial charge in [-0.15, -0.1) is 0 Å². The summed E-state index contributed by atoms with van der Waals surface area (Å²) < 4.78 is 2.33. The predicted octanol–water partition coefficient (Wildman–Crippen LogP) is 3.43. The van der Waals surface area contributed by atoms with Gasteiger partial charge in [-0.05, 0) is 44.1 Å². The third-order valence-corrected chi connectivity index (χ3v) is 5.55. The molecule has 1 aliphatic heterocycles. The number of carbonyl (C=O) groups excluding carboxylic acids is 1. The Balaban J connectivity index is 1.44. The zero-order valence-electron chi connectivity index (χ0n) is 15.0. The highest BCUT2D eigenvalue weighted by atomic mass is 16.2. The SMILES string of the molecule is Cc1cnc(CC2CCCN(C(=O)C3CC3)C2)n1Cc1ccccc1. The molecule has 1 aromatic carbocycles. The van der Waals surface area contributed by atoms with E-state index >= 15 is 0 Å². The van der Waals surface area contributed by atoms with Crippen molar-refractivity contribution in [3.05, 3.63) is 53.6 Å². The van der Waals surface area contributed by atoms with Gasteiger partial charge in [-0.3, -0.25) is 4.79 Å². The van der Waals surface area contributed by atoms with Gasteiger partial charge >= 0.3 is 0 Å². The summed E-state index contributed by atoms with van der Waals surface area (Å²) in [5.74, 6) is 2.43. The summed E-state index contributed by atoms with van der Waals surface area (Å²) in [6, 6.07) is 10.6. The second-order valence-electron chi connectivity index (χ2n) is 7.66. The molecule has 2 heterocycles. The average Bonchev–Trinajstić information content (AvgIpc) is 3.44. The first kappa shape index (κ1) is 16.4. The highest BCUT2D eigenvalue weighted by molar-refractivity contribution is 5.81. The van der Waals surface area contributed by atoms with Crippen LogP contribution in [-0.4, -0.2) is 33.4 Å². The molecule has 1 aliphatic carbocycles. The van der Waals surface area contributed by atoms with E-state index in [0.29, 0.717) is 17.7 Å². The van der Waals surface area contributed by atoms with Crippen LogP contribution in [0.5, 0.6) is 0 Å². The van der Waals surface area contributed by atoms with Crippen LogP contribution in [0.25, 0.3) is 0 Å². The number of nitrogens with zero attached hydrogens (tertiary/aromatic N) is 3. The minimum absolute atomic E-state index is 0.334. The lowest BCUT2D eigenvalue weighted by atomic mass is 9.94. The monoisotopic (exact) mass is 337 g/mol. The standard InChI is InChI=1S/C21H27N3O/c1-16-13-22-20(24(16)15-17-6-3-2-4-7-17)12-18-8-5-11-23(14-18)21(25)19-9-10-19/h2-4,6-7,13,18-19H,5,8-12,14-15H2,1H3. The molecule has 1 saturated heterocycles. The second kappa shape index (κ2) is 7.03. The predicted molar refractivity (Wildman–Crippen MR) is 98.2 cm³/mol. The van der Waals surface area contributed by atoms with Crippen molar-refractivity contribution in [2.45, 2.75) is 45.6 Å². The maximum atomic E-state index is 12.4. The lowest BCUT2D eigenvalue weighted by molar-refractivity contribution is -0.134. The Hall–Kier alpha value is -2.10. The fraction of sp³-hybridized carbons (Fsp3) is 0.524. The highest BCUT2D eigenvalue weighted by Crippen LogP contribution is 2.33. The van der Waals surface area contributed by atoms with E-state index in [1.165, 1.54) is 17.7 Å². The van der Waals surface area contributed by atoms with Crippen molar-refractivity contribution in [1.82, 2.24) is 14.5 Å². The first-order chi connectivity index (χ1) is 12.2. The van der Waals surface area contributed by atoms with Gasteiger partial charge in [-0.1, -0.05) is 30.3 Å². The molecule has 0 N–H and O–H groups in total. The summed E-state index contributed by atoms with van der Waals surface area (Å²) >= 11 is 0. The number of hydrogen-bond acceptors (Lipinski definition) is 2. The van der Waals surface area contributed by atoms with Crippen LogP contribution in [0.2, 0.25) is 0 Å². The topological polar surface area (TPSA) is 38.1 Å². The van der Waals surface area contributed by atoms with E-state index in [2.05, 4.69) is 51.7 Å². The molecule has 1 aromatic heterocycles. The first-order valence-corrected chi connectivity index (χ1v) is 9.54. The summed E-state index contributed by atoms with van der Waals surface area (Å²) in [6.07, 6.45) is 7.47. The van der Waals surface area contributed by atoms with E-state index < -0.39 is 0 Å². The Bertz CT molecular complexity index is 733. The van der Waals surface area contributed by atoms with Crippen molar-refractivity contribution < 1.29 is 4.79 Å². The zero-order chi connectivity index (χ0) is 17.2. The molecule has 4 rings (SSSR count). The van der Waals surface area contributed by atoms with Gasteiger partial charge in [0.1, 0.15) is 5.82 Å². The molecule has 4 heteroatoms. The van der Waals surface area contributed by atoms with Gasteiger partial charge in [0, 0.05) is 43.9 Å².